The Balaban J connectivity index is 2.00. The van der Waals surface area contributed by atoms with Crippen LogP contribution in [-0.2, 0) is 16.1 Å². The zero-order valence-electron chi connectivity index (χ0n) is 14.2. The lowest BCUT2D eigenvalue weighted by molar-refractivity contribution is -0.147. The predicted octanol–water partition coefficient (Wildman–Crippen LogP) is 3.62. The van der Waals surface area contributed by atoms with Gasteiger partial charge in [-0.15, -0.1) is 0 Å². The highest BCUT2D eigenvalue weighted by atomic mass is 35.5. The number of nitrogens with zero attached hydrogens (tertiary/aromatic N) is 1. The van der Waals surface area contributed by atoms with Crippen molar-refractivity contribution in [3.05, 3.63) is 64.9 Å². The van der Waals surface area contributed by atoms with E-state index in [1.165, 1.54) is 12.3 Å². The smallest absolute Gasteiger partial charge is 0.328 e. The quantitative estimate of drug-likeness (QED) is 0.604. The Morgan fingerprint density at radius 2 is 1.88 bits per heavy atom. The Kier molecular flexibility index (Phi) is 6.95. The first kappa shape index (κ1) is 18.9. The third-order valence-corrected chi connectivity index (χ3v) is 3.73. The van der Waals surface area contributed by atoms with Crippen LogP contribution in [0, 0.1) is 5.92 Å². The molecule has 0 saturated carbocycles. The minimum absolute atomic E-state index is 0.173. The molecule has 132 valence electrons. The fourth-order valence-electron chi connectivity index (χ4n) is 2.27. The van der Waals surface area contributed by atoms with Crippen molar-refractivity contribution in [3.8, 4) is 0 Å². The van der Waals surface area contributed by atoms with E-state index in [1.54, 1.807) is 6.07 Å². The standard InChI is InChI=1S/C19H21ClN2O3/c1-13(2)10-16(19(24)25-12-14-6-4-3-5-7-14)22-18(23)15-8-9-17(20)21-11-15/h3-9,11,13,16H,10,12H2,1-2H3,(H,22,23)/t16-/m0/s1. The van der Waals surface area contributed by atoms with Gasteiger partial charge in [0.1, 0.15) is 17.8 Å². The predicted molar refractivity (Wildman–Crippen MR) is 96.2 cm³/mol. The van der Waals surface area contributed by atoms with E-state index in [1.807, 2.05) is 44.2 Å². The second kappa shape index (κ2) is 9.18. The van der Waals surface area contributed by atoms with Crippen molar-refractivity contribution in [2.45, 2.75) is 32.9 Å². The van der Waals surface area contributed by atoms with E-state index in [9.17, 15) is 9.59 Å². The molecular formula is C19H21ClN2O3. The average Bonchev–Trinajstić information content (AvgIpc) is 2.60. The molecule has 0 aliphatic rings. The monoisotopic (exact) mass is 360 g/mol. The lowest BCUT2D eigenvalue weighted by atomic mass is 10.0. The molecule has 0 radical (unpaired) electrons. The summed E-state index contributed by atoms with van der Waals surface area (Å²) in [5, 5.41) is 3.03. The molecule has 5 nitrogen and oxygen atoms in total. The Hall–Kier alpha value is -2.40. The van der Waals surface area contributed by atoms with E-state index in [4.69, 9.17) is 16.3 Å². The Morgan fingerprint density at radius 1 is 1.16 bits per heavy atom. The van der Waals surface area contributed by atoms with E-state index in [0.29, 0.717) is 17.1 Å². The first-order valence-electron chi connectivity index (χ1n) is 8.08. The van der Waals surface area contributed by atoms with E-state index >= 15 is 0 Å². The van der Waals surface area contributed by atoms with Crippen LogP contribution >= 0.6 is 11.6 Å². The van der Waals surface area contributed by atoms with Gasteiger partial charge in [-0.05, 0) is 30.0 Å². The van der Waals surface area contributed by atoms with Gasteiger partial charge in [0.2, 0.25) is 0 Å². The number of hydrogen-bond donors (Lipinski definition) is 1. The van der Waals surface area contributed by atoms with E-state index in [-0.39, 0.29) is 18.4 Å². The Bertz CT molecular complexity index is 702. The number of hydrogen-bond acceptors (Lipinski definition) is 4. The summed E-state index contributed by atoms with van der Waals surface area (Å²) in [5.41, 5.74) is 1.24. The van der Waals surface area contributed by atoms with Crippen molar-refractivity contribution in [2.24, 2.45) is 5.92 Å². The summed E-state index contributed by atoms with van der Waals surface area (Å²) in [4.78, 5) is 28.6. The molecular weight excluding hydrogens is 340 g/mol. The Labute approximate surface area is 152 Å². The van der Waals surface area contributed by atoms with Crippen molar-refractivity contribution in [2.75, 3.05) is 0 Å². The Morgan fingerprint density at radius 3 is 2.48 bits per heavy atom. The van der Waals surface area contributed by atoms with Crippen molar-refractivity contribution >= 4 is 23.5 Å². The number of rotatable bonds is 7. The number of amides is 1. The van der Waals surface area contributed by atoms with Crippen LogP contribution in [0.5, 0.6) is 0 Å². The van der Waals surface area contributed by atoms with Gasteiger partial charge in [0.25, 0.3) is 5.91 Å². The first-order chi connectivity index (χ1) is 12.0. The number of ether oxygens (including phenoxy) is 1. The maximum absolute atomic E-state index is 12.4. The maximum Gasteiger partial charge on any atom is 0.328 e. The molecule has 6 heteroatoms. The summed E-state index contributed by atoms with van der Waals surface area (Å²) in [6, 6.07) is 11.8. The molecule has 0 unspecified atom stereocenters. The molecule has 1 aromatic carbocycles. The molecule has 2 rings (SSSR count). The molecule has 0 saturated heterocycles. The van der Waals surface area contributed by atoms with E-state index in [0.717, 1.165) is 5.56 Å². The minimum atomic E-state index is -0.716. The van der Waals surface area contributed by atoms with Crippen LogP contribution in [0.25, 0.3) is 0 Å². The zero-order chi connectivity index (χ0) is 18.2. The third-order valence-electron chi connectivity index (χ3n) is 3.51. The largest absolute Gasteiger partial charge is 0.459 e. The summed E-state index contributed by atoms with van der Waals surface area (Å²) in [6.45, 7) is 4.13. The van der Waals surface area contributed by atoms with Crippen LogP contribution in [0.2, 0.25) is 5.15 Å². The van der Waals surface area contributed by atoms with Gasteiger partial charge in [-0.1, -0.05) is 55.8 Å². The molecule has 1 heterocycles. The van der Waals surface area contributed by atoms with Gasteiger partial charge in [0, 0.05) is 6.20 Å². The van der Waals surface area contributed by atoms with Crippen molar-refractivity contribution < 1.29 is 14.3 Å². The molecule has 0 aliphatic carbocycles. The molecule has 25 heavy (non-hydrogen) atoms. The van der Waals surface area contributed by atoms with Gasteiger partial charge in [-0.25, -0.2) is 9.78 Å². The molecule has 0 fully saturated rings. The van der Waals surface area contributed by atoms with Crippen molar-refractivity contribution in [1.82, 2.24) is 10.3 Å². The summed E-state index contributed by atoms with van der Waals surface area (Å²) in [5.74, 6) is -0.614. The summed E-state index contributed by atoms with van der Waals surface area (Å²) >= 11 is 5.72. The summed E-state index contributed by atoms with van der Waals surface area (Å²) in [6.07, 6.45) is 1.86. The first-order valence-corrected chi connectivity index (χ1v) is 8.46. The van der Waals surface area contributed by atoms with Crippen molar-refractivity contribution in [3.63, 3.8) is 0 Å². The zero-order valence-corrected chi connectivity index (χ0v) is 15.0. The van der Waals surface area contributed by atoms with E-state index in [2.05, 4.69) is 10.3 Å². The van der Waals surface area contributed by atoms with Crippen LogP contribution in [0.1, 0.15) is 36.2 Å². The van der Waals surface area contributed by atoms with Gasteiger partial charge in [0.15, 0.2) is 0 Å². The molecule has 1 N–H and O–H groups in total. The molecule has 0 bridgehead atoms. The molecule has 1 aromatic heterocycles. The number of nitrogens with one attached hydrogen (secondary N) is 1. The average molecular weight is 361 g/mol. The van der Waals surface area contributed by atoms with Gasteiger partial charge < -0.3 is 10.1 Å². The normalized spacial score (nSPS) is 11.8. The maximum atomic E-state index is 12.4. The number of aromatic nitrogens is 1. The molecule has 2 aromatic rings. The second-order valence-corrected chi connectivity index (χ2v) is 6.51. The van der Waals surface area contributed by atoms with Gasteiger partial charge >= 0.3 is 5.97 Å². The second-order valence-electron chi connectivity index (χ2n) is 6.12. The highest BCUT2D eigenvalue weighted by Crippen LogP contribution is 2.11. The highest BCUT2D eigenvalue weighted by Gasteiger charge is 2.24. The summed E-state index contributed by atoms with van der Waals surface area (Å²) in [7, 11) is 0. The summed E-state index contributed by atoms with van der Waals surface area (Å²) < 4.78 is 5.36. The number of pyridine rings is 1. The third kappa shape index (κ3) is 6.19. The number of benzene rings is 1. The molecule has 1 amide bonds. The molecule has 1 atom stereocenters. The van der Waals surface area contributed by atoms with Crippen LogP contribution in [-0.4, -0.2) is 22.9 Å². The van der Waals surface area contributed by atoms with Gasteiger partial charge in [-0.2, -0.15) is 0 Å². The van der Waals surface area contributed by atoms with Crippen LogP contribution in [0.15, 0.2) is 48.7 Å². The number of carbonyl (C=O) groups is 2. The lowest BCUT2D eigenvalue weighted by Crippen LogP contribution is -2.42. The minimum Gasteiger partial charge on any atom is -0.459 e. The number of esters is 1. The fourth-order valence-corrected chi connectivity index (χ4v) is 2.38. The van der Waals surface area contributed by atoms with Gasteiger partial charge in [-0.3, -0.25) is 4.79 Å². The molecule has 0 aliphatic heterocycles. The van der Waals surface area contributed by atoms with Gasteiger partial charge in [0.05, 0.1) is 5.56 Å². The van der Waals surface area contributed by atoms with Crippen molar-refractivity contribution in [1.29, 1.82) is 0 Å². The van der Waals surface area contributed by atoms with Crippen LogP contribution in [0.4, 0.5) is 0 Å². The molecule has 0 spiro atoms. The fraction of sp³-hybridized carbons (Fsp3) is 0.316. The van der Waals surface area contributed by atoms with E-state index < -0.39 is 12.0 Å². The topological polar surface area (TPSA) is 68.3 Å². The van der Waals surface area contributed by atoms with Crippen LogP contribution < -0.4 is 5.32 Å². The number of carbonyl (C=O) groups excluding carboxylic acids is 2. The highest BCUT2D eigenvalue weighted by molar-refractivity contribution is 6.29. The SMILES string of the molecule is CC(C)C[C@H](NC(=O)c1ccc(Cl)nc1)C(=O)OCc1ccccc1. The van der Waals surface area contributed by atoms with Crippen LogP contribution in [0.3, 0.4) is 0 Å². The lowest BCUT2D eigenvalue weighted by Gasteiger charge is -2.19. The number of halogens is 1.